The molecule has 0 saturated carbocycles. The maximum atomic E-state index is 3.00. The van der Waals surface area contributed by atoms with Gasteiger partial charge < -0.3 is 5.48 Å². The van der Waals surface area contributed by atoms with Crippen molar-refractivity contribution in [3.8, 4) is 0 Å². The Hall–Kier alpha value is 2.87. The van der Waals surface area contributed by atoms with Crippen LogP contribution in [0.3, 0.4) is 0 Å². The molecule has 0 rings (SSSR count). The summed E-state index contributed by atoms with van der Waals surface area (Å²) < 4.78 is 0. The molecule has 0 atom stereocenters. The summed E-state index contributed by atoms with van der Waals surface area (Å²) in [5, 5.41) is 0. The summed E-state index contributed by atoms with van der Waals surface area (Å²) >= 11 is 12.0. The monoisotopic (exact) mass is 450 g/mol. The van der Waals surface area contributed by atoms with Crippen LogP contribution in [-0.4, -0.2) is 5.48 Å². The first kappa shape index (κ1) is 16.5. The molecule has 0 saturated heterocycles. The van der Waals surface area contributed by atoms with E-state index in [4.69, 9.17) is 0 Å². The van der Waals surface area contributed by atoms with Crippen molar-refractivity contribution in [2.75, 3.05) is 0 Å². The third kappa shape index (κ3) is 50.9. The van der Waals surface area contributed by atoms with E-state index in [0.29, 0.717) is 0 Å². The van der Waals surface area contributed by atoms with E-state index in [2.05, 4.69) is 56.9 Å². The van der Waals surface area contributed by atoms with E-state index in [9.17, 15) is 0 Å². The Bertz CT molecular complexity index is 11.7. The van der Waals surface area contributed by atoms with Gasteiger partial charge in [0.05, 0.1) is 0 Å². The van der Waals surface area contributed by atoms with E-state index in [-0.39, 0.29) is 5.48 Å². The van der Waals surface area contributed by atoms with Crippen molar-refractivity contribution >= 4 is 56.9 Å². The van der Waals surface area contributed by atoms with Gasteiger partial charge in [-0.15, -0.1) is 0 Å². The first-order valence-electron chi connectivity index (χ1n) is 0.478. The van der Waals surface area contributed by atoms with Crippen LogP contribution in [0, 0.1) is 0 Å². The minimum atomic E-state index is 0. The molecular formula is H2Br4Ni2O. The predicted octanol–water partition coefficient (Wildman–Crippen LogP) is 2.55. The average Bonchev–Trinajstić information content (AvgIpc) is 1.39. The molecule has 0 bridgehead atoms. The molecule has 7 heavy (non-hydrogen) atoms. The quantitative estimate of drug-likeness (QED) is 0.504. The Labute approximate surface area is 82.8 Å². The molecule has 0 aromatic carbocycles. The van der Waals surface area contributed by atoms with Crippen LogP contribution in [0.4, 0.5) is 0 Å². The van der Waals surface area contributed by atoms with Crippen LogP contribution in [0.25, 0.3) is 0 Å². The molecule has 2 N–H and O–H groups in total. The molecule has 0 aliphatic rings. The number of hydrogen-bond donors (Lipinski definition) is 0. The van der Waals surface area contributed by atoms with Crippen molar-refractivity contribution in [2.45, 2.75) is 0 Å². The topological polar surface area (TPSA) is 31.5 Å². The fraction of sp³-hybridized carbons (Fsp3) is 0. The van der Waals surface area contributed by atoms with Crippen LogP contribution in [-0.2, 0) is 21.8 Å². The molecule has 0 amide bonds. The van der Waals surface area contributed by atoms with Crippen LogP contribution < -0.4 is 0 Å². The summed E-state index contributed by atoms with van der Waals surface area (Å²) in [4.78, 5) is 0. The van der Waals surface area contributed by atoms with Crippen molar-refractivity contribution in [1.29, 1.82) is 0 Å². The van der Waals surface area contributed by atoms with Gasteiger partial charge in [0.1, 0.15) is 0 Å². The zero-order valence-electron chi connectivity index (χ0n) is 2.64. The van der Waals surface area contributed by atoms with Crippen LogP contribution in [0.1, 0.15) is 0 Å². The van der Waals surface area contributed by atoms with E-state index >= 15 is 0 Å². The van der Waals surface area contributed by atoms with Crippen molar-refractivity contribution in [1.82, 2.24) is 0 Å². The summed E-state index contributed by atoms with van der Waals surface area (Å²) in [5.74, 6) is 0. The van der Waals surface area contributed by atoms with Crippen LogP contribution >= 0.6 is 56.9 Å². The molecule has 0 heterocycles. The van der Waals surface area contributed by atoms with Gasteiger partial charge in [0.15, 0.2) is 0 Å². The van der Waals surface area contributed by atoms with Crippen LogP contribution in [0.2, 0.25) is 0 Å². The van der Waals surface area contributed by atoms with Gasteiger partial charge in [0.2, 0.25) is 0 Å². The average molecular weight is 455 g/mol. The van der Waals surface area contributed by atoms with Gasteiger partial charge in [-0.25, -0.2) is 0 Å². The Morgan fingerprint density at radius 3 is 0.714 bits per heavy atom. The maximum absolute atomic E-state index is 3.00. The zero-order valence-corrected chi connectivity index (χ0v) is 11.0. The molecule has 56 valence electrons. The SMILES string of the molecule is O.[Br][Ni][Br].[Br][Ni][Br]. The third-order valence-electron chi connectivity index (χ3n) is 0. The Morgan fingerprint density at radius 2 is 0.714 bits per heavy atom. The molecule has 0 fully saturated rings. The van der Waals surface area contributed by atoms with Gasteiger partial charge in [0.25, 0.3) is 0 Å². The van der Waals surface area contributed by atoms with Crippen LogP contribution in [0.15, 0.2) is 0 Å². The van der Waals surface area contributed by atoms with Crippen molar-refractivity contribution in [2.24, 2.45) is 0 Å². The predicted molar refractivity (Wildman–Crippen MR) is 39.3 cm³/mol. The normalized spacial score (nSPS) is 6.29. The molecule has 0 radical (unpaired) electrons. The first-order valence-corrected chi connectivity index (χ1v) is 10.2. The number of halogens is 4. The molecule has 0 aliphatic heterocycles. The van der Waals surface area contributed by atoms with Gasteiger partial charge in [-0.3, -0.25) is 0 Å². The number of hydrogen-bond acceptors (Lipinski definition) is 0. The van der Waals surface area contributed by atoms with Gasteiger partial charge in [-0.05, 0) is 0 Å². The second-order valence-corrected chi connectivity index (χ2v) is 10.1. The van der Waals surface area contributed by atoms with E-state index in [1.54, 1.807) is 0 Å². The number of rotatable bonds is 0. The fourth-order valence-electron chi connectivity index (χ4n) is 0. The Morgan fingerprint density at radius 1 is 0.714 bits per heavy atom. The summed E-state index contributed by atoms with van der Waals surface area (Å²) in [6.07, 6.45) is 0. The van der Waals surface area contributed by atoms with Gasteiger partial charge in [0, 0.05) is 0 Å². The third-order valence-corrected chi connectivity index (χ3v) is 0. The zero-order chi connectivity index (χ0) is 5.41. The second-order valence-electron chi connectivity index (χ2n) is 0.0904. The second kappa shape index (κ2) is 23.2. The summed E-state index contributed by atoms with van der Waals surface area (Å²) in [6, 6.07) is 0. The summed E-state index contributed by atoms with van der Waals surface area (Å²) in [7, 11) is 2.50. The van der Waals surface area contributed by atoms with E-state index in [1.807, 2.05) is 0 Å². The molecule has 0 unspecified atom stereocenters. The fourth-order valence-corrected chi connectivity index (χ4v) is 0. The standard InChI is InChI=1S/4BrH.2Ni.H2O/h4*1H;;;1H2/q;;;;2*+2;/p-4. The van der Waals surface area contributed by atoms with E-state index in [1.165, 1.54) is 21.8 Å². The molecule has 0 aromatic heterocycles. The van der Waals surface area contributed by atoms with Gasteiger partial charge >= 0.3 is 78.7 Å². The van der Waals surface area contributed by atoms with Gasteiger partial charge in [-0.1, -0.05) is 0 Å². The van der Waals surface area contributed by atoms with E-state index < -0.39 is 0 Å². The van der Waals surface area contributed by atoms with Crippen LogP contribution in [0.5, 0.6) is 0 Å². The summed E-state index contributed by atoms with van der Waals surface area (Å²) in [5.41, 5.74) is 0. The Balaban J connectivity index is -0.0000000400. The first-order chi connectivity index (χ1) is 2.83. The van der Waals surface area contributed by atoms with Gasteiger partial charge in [-0.2, -0.15) is 0 Å². The summed E-state index contributed by atoms with van der Waals surface area (Å²) in [6.45, 7) is 0. The minimum absolute atomic E-state index is 0. The molecular weight excluding hydrogens is 453 g/mol. The van der Waals surface area contributed by atoms with Crippen molar-refractivity contribution < 1.29 is 27.3 Å². The van der Waals surface area contributed by atoms with E-state index in [0.717, 1.165) is 0 Å². The molecule has 0 aromatic rings. The molecule has 0 aliphatic carbocycles. The van der Waals surface area contributed by atoms with Crippen molar-refractivity contribution in [3.05, 3.63) is 0 Å². The molecule has 7 heteroatoms. The Kier molecular flexibility index (Phi) is 54.4. The van der Waals surface area contributed by atoms with Crippen molar-refractivity contribution in [3.63, 3.8) is 0 Å². The molecule has 1 nitrogen and oxygen atoms in total. The molecule has 0 spiro atoms.